The number of hydrogen-bond acceptors (Lipinski definition) is 5. The van der Waals surface area contributed by atoms with Gasteiger partial charge in [0.15, 0.2) is 0 Å². The molecule has 37 heavy (non-hydrogen) atoms. The topological polar surface area (TPSA) is 76.1 Å². The molecule has 7 heteroatoms. The first-order valence-corrected chi connectivity index (χ1v) is 12.6. The Kier molecular flexibility index (Phi) is 7.89. The monoisotopic (exact) mass is 519 g/mol. The quantitative estimate of drug-likeness (QED) is 0.203. The van der Waals surface area contributed by atoms with Crippen LogP contribution in [0.4, 0.5) is 5.69 Å². The normalized spacial score (nSPS) is 16.9. The molecule has 1 unspecified atom stereocenters. The van der Waals surface area contributed by atoms with E-state index in [1.165, 1.54) is 4.90 Å². The van der Waals surface area contributed by atoms with Crippen LogP contribution in [0.5, 0.6) is 11.5 Å². The minimum absolute atomic E-state index is 0.00389. The molecule has 1 aliphatic heterocycles. The molecule has 1 amide bonds. The van der Waals surface area contributed by atoms with E-state index in [1.807, 2.05) is 38.1 Å². The minimum atomic E-state index is -0.824. The van der Waals surface area contributed by atoms with Gasteiger partial charge in [-0.1, -0.05) is 49.7 Å². The van der Waals surface area contributed by atoms with Crippen LogP contribution < -0.4 is 14.4 Å². The standard InChI is InChI=1S/C30H30ClNO5/c1-5-36-25-16-20(10-15-24(25)31)28(33)26-27(23-9-7-6-8-19(23)4)32(30(35)29(26)34)21-11-13-22(14-12-21)37-17-18(2)3/h6-16,18,27,33H,5,17H2,1-4H3/b28-26+. The Bertz CT molecular complexity index is 1350. The van der Waals surface area contributed by atoms with Gasteiger partial charge in [-0.25, -0.2) is 0 Å². The van der Waals surface area contributed by atoms with E-state index in [0.717, 1.165) is 11.1 Å². The zero-order valence-corrected chi connectivity index (χ0v) is 22.1. The summed E-state index contributed by atoms with van der Waals surface area (Å²) in [6.07, 6.45) is 0. The van der Waals surface area contributed by atoms with Gasteiger partial charge in [-0.2, -0.15) is 0 Å². The first-order valence-electron chi connectivity index (χ1n) is 12.2. The molecular weight excluding hydrogens is 490 g/mol. The van der Waals surface area contributed by atoms with E-state index in [2.05, 4.69) is 13.8 Å². The van der Waals surface area contributed by atoms with Gasteiger partial charge < -0.3 is 14.6 Å². The third kappa shape index (κ3) is 5.35. The number of amides is 1. The van der Waals surface area contributed by atoms with Crippen LogP contribution in [0.15, 0.2) is 72.3 Å². The zero-order chi connectivity index (χ0) is 26.7. The molecule has 1 atom stereocenters. The average molecular weight is 520 g/mol. The van der Waals surface area contributed by atoms with Gasteiger partial charge >= 0.3 is 0 Å². The SMILES string of the molecule is CCOc1cc(/C(O)=C2\C(=O)C(=O)N(c3ccc(OCC(C)C)cc3)C2c2ccccc2C)ccc1Cl. The lowest BCUT2D eigenvalue weighted by Gasteiger charge is -2.27. The van der Waals surface area contributed by atoms with E-state index in [0.29, 0.717) is 46.9 Å². The van der Waals surface area contributed by atoms with E-state index in [-0.39, 0.29) is 11.3 Å². The highest BCUT2D eigenvalue weighted by Crippen LogP contribution is 2.44. The van der Waals surface area contributed by atoms with Crippen molar-refractivity contribution in [2.75, 3.05) is 18.1 Å². The summed E-state index contributed by atoms with van der Waals surface area (Å²) in [6.45, 7) is 8.81. The van der Waals surface area contributed by atoms with E-state index < -0.39 is 17.7 Å². The third-order valence-corrected chi connectivity index (χ3v) is 6.44. The predicted octanol–water partition coefficient (Wildman–Crippen LogP) is 6.71. The van der Waals surface area contributed by atoms with Gasteiger partial charge in [0.1, 0.15) is 17.3 Å². The molecule has 3 aromatic rings. The molecule has 1 aliphatic rings. The van der Waals surface area contributed by atoms with Crippen molar-refractivity contribution < 1.29 is 24.2 Å². The van der Waals surface area contributed by atoms with Crippen molar-refractivity contribution >= 4 is 34.7 Å². The molecule has 1 fully saturated rings. The lowest BCUT2D eigenvalue weighted by atomic mass is 9.92. The molecule has 0 saturated carbocycles. The first kappa shape index (κ1) is 26.3. The number of aryl methyl sites for hydroxylation is 1. The maximum Gasteiger partial charge on any atom is 0.300 e. The van der Waals surface area contributed by atoms with Gasteiger partial charge in [0.2, 0.25) is 0 Å². The number of carbonyl (C=O) groups is 2. The first-order chi connectivity index (χ1) is 17.7. The van der Waals surface area contributed by atoms with Gasteiger partial charge in [-0.3, -0.25) is 14.5 Å². The fraction of sp³-hybridized carbons (Fsp3) is 0.267. The summed E-state index contributed by atoms with van der Waals surface area (Å²) in [5.74, 6) is -0.348. The summed E-state index contributed by atoms with van der Waals surface area (Å²) in [7, 11) is 0. The van der Waals surface area contributed by atoms with Crippen molar-refractivity contribution in [2.24, 2.45) is 5.92 Å². The highest BCUT2D eigenvalue weighted by Gasteiger charge is 2.47. The molecule has 3 aromatic carbocycles. The highest BCUT2D eigenvalue weighted by atomic mass is 35.5. The number of hydrogen-bond donors (Lipinski definition) is 1. The number of Topliss-reactive ketones (excluding diaryl/α,β-unsaturated/α-hetero) is 1. The Morgan fingerprint density at radius 3 is 2.38 bits per heavy atom. The van der Waals surface area contributed by atoms with Gasteiger partial charge in [-0.05, 0) is 73.4 Å². The molecular formula is C30H30ClNO5. The third-order valence-electron chi connectivity index (χ3n) is 6.13. The van der Waals surface area contributed by atoms with Crippen molar-refractivity contribution in [3.05, 3.63) is 94.0 Å². The van der Waals surface area contributed by atoms with Gasteiger partial charge in [0.05, 0.1) is 29.9 Å². The molecule has 1 heterocycles. The van der Waals surface area contributed by atoms with Crippen LogP contribution in [0.25, 0.3) is 5.76 Å². The van der Waals surface area contributed by atoms with Crippen molar-refractivity contribution in [1.82, 2.24) is 0 Å². The predicted molar refractivity (Wildman–Crippen MR) is 145 cm³/mol. The summed E-state index contributed by atoms with van der Waals surface area (Å²) in [6, 6.07) is 18.5. The number of halogens is 1. The van der Waals surface area contributed by atoms with Gasteiger partial charge in [0, 0.05) is 11.3 Å². The molecule has 4 rings (SSSR count). The average Bonchev–Trinajstić information content (AvgIpc) is 3.14. The summed E-state index contributed by atoms with van der Waals surface area (Å²) in [5, 5.41) is 11.8. The molecule has 0 spiro atoms. The van der Waals surface area contributed by atoms with Crippen LogP contribution in [0.1, 0.15) is 43.5 Å². The van der Waals surface area contributed by atoms with Crippen molar-refractivity contribution in [3.63, 3.8) is 0 Å². The molecule has 192 valence electrons. The van der Waals surface area contributed by atoms with Crippen LogP contribution in [0, 0.1) is 12.8 Å². The van der Waals surface area contributed by atoms with Crippen LogP contribution in [-0.4, -0.2) is 30.0 Å². The molecule has 1 N–H and O–H groups in total. The number of anilines is 1. The maximum absolute atomic E-state index is 13.4. The van der Waals surface area contributed by atoms with Crippen LogP contribution in [0.2, 0.25) is 5.02 Å². The second kappa shape index (κ2) is 11.1. The molecule has 0 bridgehead atoms. The Morgan fingerprint density at radius 1 is 1.03 bits per heavy atom. The number of rotatable bonds is 8. The van der Waals surface area contributed by atoms with Gasteiger partial charge in [0.25, 0.3) is 11.7 Å². The second-order valence-corrected chi connectivity index (χ2v) is 9.71. The lowest BCUT2D eigenvalue weighted by Crippen LogP contribution is -2.29. The van der Waals surface area contributed by atoms with E-state index in [9.17, 15) is 14.7 Å². The van der Waals surface area contributed by atoms with Gasteiger partial charge in [-0.15, -0.1) is 0 Å². The fourth-order valence-corrected chi connectivity index (χ4v) is 4.50. The number of carbonyl (C=O) groups excluding carboxylic acids is 2. The number of benzene rings is 3. The fourth-order valence-electron chi connectivity index (χ4n) is 4.32. The highest BCUT2D eigenvalue weighted by molar-refractivity contribution is 6.51. The summed E-state index contributed by atoms with van der Waals surface area (Å²) in [4.78, 5) is 28.3. The van der Waals surface area contributed by atoms with Crippen molar-refractivity contribution in [2.45, 2.75) is 33.7 Å². The minimum Gasteiger partial charge on any atom is -0.507 e. The smallest absolute Gasteiger partial charge is 0.300 e. The van der Waals surface area contributed by atoms with Crippen molar-refractivity contribution in [3.8, 4) is 11.5 Å². The number of ether oxygens (including phenoxy) is 2. The summed E-state index contributed by atoms with van der Waals surface area (Å²) in [5.41, 5.74) is 2.49. The van der Waals surface area contributed by atoms with Crippen LogP contribution >= 0.6 is 11.6 Å². The summed E-state index contributed by atoms with van der Waals surface area (Å²) < 4.78 is 11.3. The maximum atomic E-state index is 13.4. The van der Waals surface area contributed by atoms with E-state index in [1.54, 1.807) is 42.5 Å². The molecule has 0 aliphatic carbocycles. The largest absolute Gasteiger partial charge is 0.507 e. The summed E-state index contributed by atoms with van der Waals surface area (Å²) >= 11 is 6.23. The number of ketones is 1. The van der Waals surface area contributed by atoms with Crippen LogP contribution in [0.3, 0.4) is 0 Å². The zero-order valence-electron chi connectivity index (χ0n) is 21.3. The Morgan fingerprint density at radius 2 is 1.73 bits per heavy atom. The number of aliphatic hydroxyl groups is 1. The Balaban J connectivity index is 1.85. The van der Waals surface area contributed by atoms with E-state index >= 15 is 0 Å². The number of nitrogens with zero attached hydrogens (tertiary/aromatic N) is 1. The molecule has 0 radical (unpaired) electrons. The van der Waals surface area contributed by atoms with Crippen molar-refractivity contribution in [1.29, 1.82) is 0 Å². The molecule has 6 nitrogen and oxygen atoms in total. The molecule has 0 aromatic heterocycles. The Labute approximate surface area is 222 Å². The lowest BCUT2D eigenvalue weighted by molar-refractivity contribution is -0.132. The second-order valence-electron chi connectivity index (χ2n) is 9.30. The Hall–Kier alpha value is -3.77. The molecule has 1 saturated heterocycles. The number of aliphatic hydroxyl groups excluding tert-OH is 1. The van der Waals surface area contributed by atoms with Crippen LogP contribution in [-0.2, 0) is 9.59 Å². The van der Waals surface area contributed by atoms with E-state index in [4.69, 9.17) is 21.1 Å².